The summed E-state index contributed by atoms with van der Waals surface area (Å²) in [6, 6.07) is 3.10. The lowest BCUT2D eigenvalue weighted by Gasteiger charge is -2.50. The van der Waals surface area contributed by atoms with E-state index in [-0.39, 0.29) is 23.1 Å². The van der Waals surface area contributed by atoms with Crippen LogP contribution in [-0.2, 0) is 23.9 Å². The quantitative estimate of drug-likeness (QED) is 0.411. The molecule has 0 N–H and O–H groups in total. The molecule has 4 rings (SSSR count). The summed E-state index contributed by atoms with van der Waals surface area (Å²) in [7, 11) is -2.70. The van der Waals surface area contributed by atoms with Gasteiger partial charge in [0, 0.05) is 16.7 Å². The zero-order valence-electron chi connectivity index (χ0n) is 16.8. The average molecular weight is 563 g/mol. The highest BCUT2D eigenvalue weighted by molar-refractivity contribution is 14.1. The van der Waals surface area contributed by atoms with E-state index in [1.54, 1.807) is 6.07 Å². The molecule has 1 aromatic rings. The van der Waals surface area contributed by atoms with E-state index >= 15 is 0 Å². The molecule has 1 saturated heterocycles. The SMILES string of the molecule is CC1=C(OS(C)(=O)=O)C2C(=O)N(C3CC3)C(=O)N(c3ccc(I)cc3F)C2N(C)C1=O. The molecule has 1 aromatic carbocycles. The third-order valence-corrected chi connectivity index (χ3v) is 6.64. The van der Waals surface area contributed by atoms with Gasteiger partial charge in [0.15, 0.2) is 0 Å². The van der Waals surface area contributed by atoms with Crippen molar-refractivity contribution in [1.29, 1.82) is 0 Å². The predicted molar refractivity (Wildman–Crippen MR) is 116 cm³/mol. The first-order valence-corrected chi connectivity index (χ1v) is 12.3. The second-order valence-electron chi connectivity index (χ2n) is 7.77. The molecule has 31 heavy (non-hydrogen) atoms. The van der Waals surface area contributed by atoms with E-state index in [1.807, 2.05) is 22.6 Å². The van der Waals surface area contributed by atoms with Crippen LogP contribution in [0.2, 0.25) is 0 Å². The van der Waals surface area contributed by atoms with Crippen molar-refractivity contribution in [2.75, 3.05) is 18.2 Å². The fraction of sp³-hybridized carbons (Fsp3) is 0.421. The van der Waals surface area contributed by atoms with Gasteiger partial charge >= 0.3 is 16.1 Å². The van der Waals surface area contributed by atoms with Crippen LogP contribution in [0.4, 0.5) is 14.9 Å². The van der Waals surface area contributed by atoms with Gasteiger partial charge in [-0.1, -0.05) is 0 Å². The minimum absolute atomic E-state index is 0.0596. The van der Waals surface area contributed by atoms with Crippen molar-refractivity contribution in [2.45, 2.75) is 32.0 Å². The van der Waals surface area contributed by atoms with Crippen LogP contribution in [0.1, 0.15) is 19.8 Å². The zero-order chi connectivity index (χ0) is 22.8. The molecular weight excluding hydrogens is 544 g/mol. The molecule has 0 spiro atoms. The molecule has 9 nitrogen and oxygen atoms in total. The van der Waals surface area contributed by atoms with Gasteiger partial charge in [0.1, 0.15) is 23.7 Å². The summed E-state index contributed by atoms with van der Waals surface area (Å²) < 4.78 is 44.4. The van der Waals surface area contributed by atoms with Gasteiger partial charge in [-0.05, 0) is 60.6 Å². The molecule has 12 heteroatoms. The summed E-state index contributed by atoms with van der Waals surface area (Å²) in [5, 5.41) is 0. The van der Waals surface area contributed by atoms with Gasteiger partial charge in [0.25, 0.3) is 5.91 Å². The number of rotatable bonds is 4. The second-order valence-corrected chi connectivity index (χ2v) is 10.6. The summed E-state index contributed by atoms with van der Waals surface area (Å²) in [5.41, 5.74) is -0.174. The van der Waals surface area contributed by atoms with E-state index in [4.69, 9.17) is 4.18 Å². The van der Waals surface area contributed by atoms with Crippen molar-refractivity contribution in [1.82, 2.24) is 9.80 Å². The first kappa shape index (κ1) is 22.0. The van der Waals surface area contributed by atoms with E-state index in [1.165, 1.54) is 26.1 Å². The van der Waals surface area contributed by atoms with Crippen LogP contribution in [0.3, 0.4) is 0 Å². The van der Waals surface area contributed by atoms with Crippen molar-refractivity contribution in [2.24, 2.45) is 5.92 Å². The number of nitrogens with zero attached hydrogens (tertiary/aromatic N) is 3. The number of anilines is 1. The highest BCUT2D eigenvalue weighted by atomic mass is 127. The second kappa shape index (κ2) is 7.43. The fourth-order valence-corrected chi connectivity index (χ4v) is 4.99. The Balaban J connectivity index is 1.94. The van der Waals surface area contributed by atoms with Gasteiger partial charge in [-0.15, -0.1) is 0 Å². The Hall–Kier alpha value is -2.22. The van der Waals surface area contributed by atoms with Crippen molar-refractivity contribution >= 4 is 56.2 Å². The van der Waals surface area contributed by atoms with Crippen LogP contribution < -0.4 is 4.90 Å². The number of imide groups is 1. The molecule has 0 aromatic heterocycles. The minimum Gasteiger partial charge on any atom is -0.386 e. The molecule has 2 aliphatic heterocycles. The number of likely N-dealkylation sites (N-methyl/N-ethyl adjacent to an activating group) is 1. The lowest BCUT2D eigenvalue weighted by molar-refractivity contribution is -0.141. The Morgan fingerprint density at radius 2 is 1.81 bits per heavy atom. The molecule has 2 atom stereocenters. The molecule has 1 saturated carbocycles. The molecule has 2 unspecified atom stereocenters. The molecule has 1 aliphatic carbocycles. The number of fused-ring (bicyclic) bond motifs is 1. The normalized spacial score (nSPS) is 24.7. The molecule has 2 fully saturated rings. The standard InChI is InChI=1S/C19H19FIN3O6S/c1-9-15(30-31(3,28)29)14-16(22(2)17(9)25)24(13-7-4-10(21)8-12(13)20)19(27)23(18(14)26)11-5-6-11/h4,7-8,11,14,16H,5-6H2,1-3H3. The Labute approximate surface area is 192 Å². The summed E-state index contributed by atoms with van der Waals surface area (Å²) >= 11 is 1.92. The smallest absolute Gasteiger partial charge is 0.333 e. The van der Waals surface area contributed by atoms with Crippen molar-refractivity contribution in [3.63, 3.8) is 0 Å². The number of urea groups is 1. The van der Waals surface area contributed by atoms with Crippen molar-refractivity contribution in [3.8, 4) is 0 Å². The van der Waals surface area contributed by atoms with Crippen molar-refractivity contribution in [3.05, 3.63) is 38.9 Å². The Morgan fingerprint density at radius 1 is 1.16 bits per heavy atom. The zero-order valence-corrected chi connectivity index (χ0v) is 19.8. The first-order chi connectivity index (χ1) is 14.4. The van der Waals surface area contributed by atoms with E-state index in [2.05, 4.69) is 0 Å². The number of halogens is 2. The van der Waals surface area contributed by atoms with E-state index in [9.17, 15) is 27.2 Å². The van der Waals surface area contributed by atoms with Gasteiger partial charge in [-0.2, -0.15) is 8.42 Å². The van der Waals surface area contributed by atoms with Gasteiger partial charge < -0.3 is 9.08 Å². The van der Waals surface area contributed by atoms with E-state index in [0.717, 1.165) is 21.0 Å². The molecule has 0 bridgehead atoms. The number of carbonyl (C=O) groups is 3. The molecule has 3 aliphatic rings. The maximum atomic E-state index is 14.9. The van der Waals surface area contributed by atoms with Gasteiger partial charge in [0.05, 0.1) is 17.5 Å². The summed E-state index contributed by atoms with van der Waals surface area (Å²) in [6.07, 6.45) is 0.714. The van der Waals surface area contributed by atoms with Gasteiger partial charge in [-0.25, -0.2) is 9.18 Å². The largest absolute Gasteiger partial charge is 0.386 e. The van der Waals surface area contributed by atoms with Crippen LogP contribution >= 0.6 is 22.6 Å². The minimum atomic E-state index is -4.08. The molecule has 2 heterocycles. The molecule has 166 valence electrons. The molecule has 4 amide bonds. The Bertz CT molecular complexity index is 1150. The monoisotopic (exact) mass is 563 g/mol. The topological polar surface area (TPSA) is 104 Å². The summed E-state index contributed by atoms with van der Waals surface area (Å²) in [5.74, 6) is -3.65. The molecular formula is C19H19FIN3O6S. The van der Waals surface area contributed by atoms with Crippen LogP contribution in [-0.4, -0.2) is 61.6 Å². The highest BCUT2D eigenvalue weighted by Crippen LogP contribution is 2.43. The Kier molecular flexibility index (Phi) is 5.27. The number of amides is 4. The van der Waals surface area contributed by atoms with Crippen molar-refractivity contribution < 1.29 is 31.4 Å². The van der Waals surface area contributed by atoms with Gasteiger partial charge in [0.2, 0.25) is 5.91 Å². The lowest BCUT2D eigenvalue weighted by atomic mass is 9.89. The fourth-order valence-electron chi connectivity index (χ4n) is 3.99. The Morgan fingerprint density at radius 3 is 2.35 bits per heavy atom. The summed E-state index contributed by atoms with van der Waals surface area (Å²) in [6.45, 7) is 1.36. The maximum Gasteiger partial charge on any atom is 0.333 e. The third kappa shape index (κ3) is 3.69. The number of hydrogen-bond acceptors (Lipinski definition) is 6. The number of benzene rings is 1. The van der Waals surface area contributed by atoms with Crippen LogP contribution in [0.25, 0.3) is 0 Å². The third-order valence-electron chi connectivity index (χ3n) is 5.49. The maximum absolute atomic E-state index is 14.9. The summed E-state index contributed by atoms with van der Waals surface area (Å²) in [4.78, 5) is 42.9. The predicted octanol–water partition coefficient (Wildman–Crippen LogP) is 2.03. The van der Waals surface area contributed by atoms with Crippen LogP contribution in [0.15, 0.2) is 29.5 Å². The molecule has 0 radical (unpaired) electrons. The van der Waals surface area contributed by atoms with Gasteiger partial charge in [-0.3, -0.25) is 19.4 Å². The number of carbonyl (C=O) groups excluding carboxylic acids is 3. The highest BCUT2D eigenvalue weighted by Gasteiger charge is 2.58. The lowest BCUT2D eigenvalue weighted by Crippen LogP contribution is -2.70. The van der Waals surface area contributed by atoms with Crippen LogP contribution in [0, 0.1) is 15.3 Å². The first-order valence-electron chi connectivity index (χ1n) is 9.41. The van der Waals surface area contributed by atoms with E-state index in [0.29, 0.717) is 16.4 Å². The van der Waals surface area contributed by atoms with E-state index < -0.39 is 45.9 Å². The number of hydrogen-bond donors (Lipinski definition) is 0. The average Bonchev–Trinajstić information content (AvgIpc) is 3.48. The van der Waals surface area contributed by atoms with Crippen LogP contribution in [0.5, 0.6) is 0 Å².